The second kappa shape index (κ2) is 12.1. The molecule has 0 saturated heterocycles. The van der Waals surface area contributed by atoms with Gasteiger partial charge in [-0.25, -0.2) is 4.98 Å². The van der Waals surface area contributed by atoms with Crippen LogP contribution in [-0.4, -0.2) is 17.0 Å². The summed E-state index contributed by atoms with van der Waals surface area (Å²) in [7, 11) is 1.50. The molecule has 2 unspecified atom stereocenters. The number of aromatic amines is 1. The highest BCUT2D eigenvalue weighted by molar-refractivity contribution is 5.22. The van der Waals surface area contributed by atoms with Gasteiger partial charge in [0, 0.05) is 0 Å². The molecule has 0 spiro atoms. The third-order valence-corrected chi connectivity index (χ3v) is 4.42. The van der Waals surface area contributed by atoms with Crippen molar-refractivity contribution in [2.45, 2.75) is 59.3 Å². The topological polar surface area (TPSA) is 54.7 Å². The number of aryl methyl sites for hydroxylation is 1. The Morgan fingerprint density at radius 1 is 1.00 bits per heavy atom. The van der Waals surface area contributed by atoms with Gasteiger partial charge in [0.2, 0.25) is 0 Å². The van der Waals surface area contributed by atoms with Crippen molar-refractivity contribution < 1.29 is 0 Å². The Morgan fingerprint density at radius 2 is 1.50 bits per heavy atom. The number of nitrogens with one attached hydrogen (secondary N) is 1. The van der Waals surface area contributed by atoms with E-state index in [9.17, 15) is 0 Å². The molecule has 3 N–H and O–H groups in total. The maximum Gasteiger partial charge on any atom is 0.104 e. The number of hydrogen-bond donors (Lipinski definition) is 2. The average molecular weight is 303 g/mol. The van der Waals surface area contributed by atoms with E-state index in [1.165, 1.54) is 31.7 Å². The van der Waals surface area contributed by atoms with Gasteiger partial charge in [-0.05, 0) is 52.5 Å². The monoisotopic (exact) mass is 303 g/mol. The fraction of sp³-hybridized carbons (Fsp3) is 0.632. The molecule has 22 heavy (non-hydrogen) atoms. The minimum Gasteiger partial charge on any atom is -0.342 e. The highest BCUT2D eigenvalue weighted by atomic mass is 14.9. The van der Waals surface area contributed by atoms with Crippen LogP contribution >= 0.6 is 0 Å². The van der Waals surface area contributed by atoms with Gasteiger partial charge in [-0.3, -0.25) is 0 Å². The van der Waals surface area contributed by atoms with Crippen LogP contribution in [0.2, 0.25) is 0 Å². The van der Waals surface area contributed by atoms with Gasteiger partial charge in [-0.1, -0.05) is 37.8 Å². The van der Waals surface area contributed by atoms with Crippen molar-refractivity contribution in [3.63, 3.8) is 0 Å². The van der Waals surface area contributed by atoms with E-state index in [0.29, 0.717) is 0 Å². The van der Waals surface area contributed by atoms with E-state index < -0.39 is 0 Å². The lowest BCUT2D eigenvalue weighted by Crippen LogP contribution is -2.28. The number of fused-ring (bicyclic) bond motifs is 1. The Labute approximate surface area is 136 Å². The number of rotatable bonds is 0. The molecule has 2 atom stereocenters. The molecule has 0 aliphatic heterocycles. The summed E-state index contributed by atoms with van der Waals surface area (Å²) in [4.78, 5) is 7.40. The number of aromatic nitrogens is 2. The molecule has 1 heterocycles. The molecule has 0 radical (unpaired) electrons. The van der Waals surface area contributed by atoms with Crippen LogP contribution in [0.4, 0.5) is 0 Å². The summed E-state index contributed by atoms with van der Waals surface area (Å²) in [5.74, 6) is 3.34. The predicted octanol–water partition coefficient (Wildman–Crippen LogP) is 2.73. The van der Waals surface area contributed by atoms with Crippen molar-refractivity contribution in [3.8, 4) is 12.8 Å². The Hall–Kier alpha value is -1.53. The van der Waals surface area contributed by atoms with E-state index in [-0.39, 0.29) is 0 Å². The summed E-state index contributed by atoms with van der Waals surface area (Å²) in [5.41, 5.74) is 4.50. The number of H-pyrrole nitrogens is 1. The molecule has 3 nitrogen and oxygen atoms in total. The van der Waals surface area contributed by atoms with Crippen molar-refractivity contribution in [1.82, 2.24) is 9.97 Å². The van der Waals surface area contributed by atoms with Crippen molar-refractivity contribution in [1.29, 1.82) is 0 Å². The molecule has 0 aromatic carbocycles. The third-order valence-electron chi connectivity index (χ3n) is 4.42. The third kappa shape index (κ3) is 6.07. The van der Waals surface area contributed by atoms with Crippen molar-refractivity contribution in [2.75, 3.05) is 7.05 Å². The molecule has 1 aromatic rings. The second-order valence-corrected chi connectivity index (χ2v) is 5.58. The van der Waals surface area contributed by atoms with Gasteiger partial charge in [0.25, 0.3) is 0 Å². The minimum atomic E-state index is 0.973. The Morgan fingerprint density at radius 3 is 1.77 bits per heavy atom. The summed E-state index contributed by atoms with van der Waals surface area (Å²) in [6.45, 7) is 5.95. The molecule has 3 heteroatoms. The fourth-order valence-corrected chi connectivity index (χ4v) is 3.18. The first-order valence-electron chi connectivity index (χ1n) is 8.31. The van der Waals surface area contributed by atoms with Crippen LogP contribution in [0.25, 0.3) is 12.2 Å². The molecular formula is C19H33N3. The zero-order valence-electron chi connectivity index (χ0n) is 14.7. The van der Waals surface area contributed by atoms with Gasteiger partial charge in [0.15, 0.2) is 0 Å². The smallest absolute Gasteiger partial charge is 0.104 e. The first-order valence-corrected chi connectivity index (χ1v) is 8.31. The number of terminal acetylenes is 1. The lowest BCUT2D eigenvalue weighted by Gasteiger charge is -2.40. The van der Waals surface area contributed by atoms with Crippen molar-refractivity contribution in [2.24, 2.45) is 17.6 Å². The van der Waals surface area contributed by atoms with Crippen LogP contribution in [0.3, 0.4) is 0 Å². The van der Waals surface area contributed by atoms with E-state index in [4.69, 9.17) is 0 Å². The quantitative estimate of drug-likeness (QED) is 0.724. The van der Waals surface area contributed by atoms with Gasteiger partial charge in [-0.15, -0.1) is 12.8 Å². The molecule has 2 fully saturated rings. The van der Waals surface area contributed by atoms with Gasteiger partial charge in [-0.2, -0.15) is 0 Å². The van der Waals surface area contributed by atoms with E-state index in [2.05, 4.69) is 28.5 Å². The SMILES string of the molecule is C#C.C/C=c1/nc(C)[nH]/c1=C/C.C1CCC2CCC2C1.CN. The highest BCUT2D eigenvalue weighted by Gasteiger charge is 2.31. The second-order valence-electron chi connectivity index (χ2n) is 5.58. The van der Waals surface area contributed by atoms with Crippen LogP contribution in [0, 0.1) is 31.6 Å². The lowest BCUT2D eigenvalue weighted by molar-refractivity contribution is 0.115. The molecule has 1 aromatic heterocycles. The maximum atomic E-state index is 4.50. The number of nitrogens with two attached hydrogens (primary N) is 1. The minimum absolute atomic E-state index is 0.973. The van der Waals surface area contributed by atoms with Crippen molar-refractivity contribution in [3.05, 3.63) is 16.5 Å². The van der Waals surface area contributed by atoms with Crippen LogP contribution in [0.1, 0.15) is 58.2 Å². The molecule has 0 bridgehead atoms. The fourth-order valence-electron chi connectivity index (χ4n) is 3.18. The van der Waals surface area contributed by atoms with E-state index >= 15 is 0 Å². The van der Waals surface area contributed by atoms with Gasteiger partial charge >= 0.3 is 0 Å². The van der Waals surface area contributed by atoms with Gasteiger partial charge < -0.3 is 10.7 Å². The molecule has 3 rings (SSSR count). The van der Waals surface area contributed by atoms with E-state index in [1.807, 2.05) is 32.9 Å². The zero-order chi connectivity index (χ0) is 17.0. The normalized spacial score (nSPS) is 23.4. The van der Waals surface area contributed by atoms with Crippen LogP contribution in [0.5, 0.6) is 0 Å². The average Bonchev–Trinajstić information content (AvgIpc) is 2.93. The Bertz CT molecular complexity index is 481. The number of hydrogen-bond acceptors (Lipinski definition) is 2. The summed E-state index contributed by atoms with van der Waals surface area (Å²) in [6, 6.07) is 0. The van der Waals surface area contributed by atoms with Crippen LogP contribution in [0.15, 0.2) is 0 Å². The van der Waals surface area contributed by atoms with Gasteiger partial charge in [0.1, 0.15) is 5.82 Å². The summed E-state index contributed by atoms with van der Waals surface area (Å²) < 4.78 is 0. The first kappa shape index (κ1) is 20.5. The first-order chi connectivity index (χ1) is 10.7. The highest BCUT2D eigenvalue weighted by Crippen LogP contribution is 2.44. The summed E-state index contributed by atoms with van der Waals surface area (Å²) >= 11 is 0. The van der Waals surface area contributed by atoms with Crippen molar-refractivity contribution >= 4 is 12.2 Å². The lowest BCUT2D eigenvalue weighted by atomic mass is 9.66. The zero-order valence-corrected chi connectivity index (χ0v) is 14.7. The number of imidazole rings is 1. The molecule has 2 aliphatic rings. The van der Waals surface area contributed by atoms with Crippen LogP contribution in [-0.2, 0) is 0 Å². The van der Waals surface area contributed by atoms with E-state index in [0.717, 1.165) is 16.5 Å². The molecule has 2 saturated carbocycles. The predicted molar refractivity (Wildman–Crippen MR) is 97.5 cm³/mol. The standard InChI is InChI=1S/C8H12N2.C8H14.C2H2.CH5N/c1-4-7-8(5-2)10-6(3)9-7;1-2-4-8-6-5-7(8)3-1;2*1-2/h4-5H,1-3H3,(H,9,10);7-8H,1-6H2;1-2H;2H2,1H3/b7-4+,8-5+;;;. The summed E-state index contributed by atoms with van der Waals surface area (Å²) in [6.07, 6.45) is 21.3. The van der Waals surface area contributed by atoms with Gasteiger partial charge in [0.05, 0.1) is 10.7 Å². The Balaban J connectivity index is 0.000000331. The van der Waals surface area contributed by atoms with E-state index in [1.54, 1.807) is 25.7 Å². The largest absolute Gasteiger partial charge is 0.342 e. The summed E-state index contributed by atoms with van der Waals surface area (Å²) in [5, 5.41) is 2.15. The van der Waals surface area contributed by atoms with Crippen LogP contribution < -0.4 is 16.4 Å². The molecular weight excluding hydrogens is 270 g/mol. The number of nitrogens with zero attached hydrogens (tertiary/aromatic N) is 1. The Kier molecular flexibility index (Phi) is 11.2. The molecule has 124 valence electrons. The molecule has 2 aliphatic carbocycles. The molecule has 0 amide bonds. The maximum absolute atomic E-state index is 4.50.